The van der Waals surface area contributed by atoms with Crippen LogP contribution in [0.15, 0.2) is 30.3 Å². The smallest absolute Gasteiger partial charge is 0.0642 e. The number of aliphatic hydroxyl groups is 1. The van der Waals surface area contributed by atoms with E-state index < -0.39 is 0 Å². The molecule has 0 saturated carbocycles. The van der Waals surface area contributed by atoms with Gasteiger partial charge in [-0.2, -0.15) is 0 Å². The average Bonchev–Trinajstić information content (AvgIpc) is 2.38. The molecule has 1 unspecified atom stereocenters. The zero-order valence-corrected chi connectivity index (χ0v) is 10.6. The number of hydrogen-bond acceptors (Lipinski definition) is 3. The second kappa shape index (κ2) is 9.16. The van der Waals surface area contributed by atoms with Crippen molar-refractivity contribution in [1.29, 1.82) is 0 Å². The molecule has 0 fully saturated rings. The summed E-state index contributed by atoms with van der Waals surface area (Å²) in [6.07, 6.45) is 2.07. The molecule has 0 aromatic heterocycles. The van der Waals surface area contributed by atoms with Crippen molar-refractivity contribution in [3.8, 4) is 0 Å². The molecule has 96 valence electrons. The van der Waals surface area contributed by atoms with Crippen molar-refractivity contribution in [2.45, 2.75) is 25.8 Å². The Morgan fingerprint density at radius 1 is 1.29 bits per heavy atom. The van der Waals surface area contributed by atoms with Gasteiger partial charge in [0.25, 0.3) is 0 Å². The highest BCUT2D eigenvalue weighted by molar-refractivity contribution is 5.14. The van der Waals surface area contributed by atoms with Gasteiger partial charge in [0.05, 0.1) is 19.3 Å². The molecular weight excluding hydrogens is 214 g/mol. The number of aliphatic hydroxyl groups excluding tert-OH is 1. The molecule has 2 N–H and O–H groups in total. The summed E-state index contributed by atoms with van der Waals surface area (Å²) in [7, 11) is 0. The van der Waals surface area contributed by atoms with E-state index in [9.17, 15) is 0 Å². The third kappa shape index (κ3) is 6.41. The van der Waals surface area contributed by atoms with Gasteiger partial charge in [-0.25, -0.2) is 0 Å². The molecule has 1 rings (SSSR count). The number of likely N-dealkylation sites (N-methyl/N-ethyl adjacent to an activating group) is 1. The molecule has 0 amide bonds. The SMILES string of the molecule is CCNC(CO)COCCCc1ccccc1. The van der Waals surface area contributed by atoms with Crippen LogP contribution >= 0.6 is 0 Å². The first-order valence-electron chi connectivity index (χ1n) is 6.32. The Balaban J connectivity index is 2.04. The Morgan fingerprint density at radius 3 is 2.71 bits per heavy atom. The molecule has 1 aromatic carbocycles. The van der Waals surface area contributed by atoms with Gasteiger partial charge in [-0.1, -0.05) is 37.3 Å². The molecule has 0 aliphatic heterocycles. The molecule has 0 radical (unpaired) electrons. The summed E-state index contributed by atoms with van der Waals surface area (Å²) in [5, 5.41) is 12.2. The highest BCUT2D eigenvalue weighted by Crippen LogP contribution is 2.02. The van der Waals surface area contributed by atoms with Gasteiger partial charge in [-0.15, -0.1) is 0 Å². The quantitative estimate of drug-likeness (QED) is 0.641. The molecule has 0 saturated heterocycles. The van der Waals surface area contributed by atoms with Crippen LogP contribution < -0.4 is 5.32 Å². The summed E-state index contributed by atoms with van der Waals surface area (Å²) in [6.45, 7) is 4.35. The van der Waals surface area contributed by atoms with Crippen LogP contribution in [0.4, 0.5) is 0 Å². The molecule has 0 aliphatic rings. The zero-order chi connectivity index (χ0) is 12.3. The number of aryl methyl sites for hydroxylation is 1. The maximum absolute atomic E-state index is 9.05. The zero-order valence-electron chi connectivity index (χ0n) is 10.6. The molecule has 3 nitrogen and oxygen atoms in total. The first-order chi connectivity index (χ1) is 8.36. The van der Waals surface area contributed by atoms with Crippen molar-refractivity contribution in [3.63, 3.8) is 0 Å². The Hall–Kier alpha value is -0.900. The fourth-order valence-electron chi connectivity index (χ4n) is 1.71. The Labute approximate surface area is 104 Å². The molecular formula is C14H23NO2. The van der Waals surface area contributed by atoms with Gasteiger partial charge in [0.15, 0.2) is 0 Å². The van der Waals surface area contributed by atoms with E-state index >= 15 is 0 Å². The number of nitrogens with one attached hydrogen (secondary N) is 1. The fourth-order valence-corrected chi connectivity index (χ4v) is 1.71. The standard InChI is InChI=1S/C14H23NO2/c1-2-15-14(11-16)12-17-10-6-9-13-7-4-3-5-8-13/h3-5,7-8,14-16H,2,6,9-12H2,1H3. The van der Waals surface area contributed by atoms with Gasteiger partial charge in [0, 0.05) is 6.61 Å². The maximum atomic E-state index is 9.05. The predicted molar refractivity (Wildman–Crippen MR) is 70.1 cm³/mol. The maximum Gasteiger partial charge on any atom is 0.0642 e. The third-order valence-electron chi connectivity index (χ3n) is 2.63. The highest BCUT2D eigenvalue weighted by atomic mass is 16.5. The number of benzene rings is 1. The summed E-state index contributed by atoms with van der Waals surface area (Å²) >= 11 is 0. The largest absolute Gasteiger partial charge is 0.395 e. The molecule has 1 aromatic rings. The fraction of sp³-hybridized carbons (Fsp3) is 0.571. The normalized spacial score (nSPS) is 12.6. The van der Waals surface area contributed by atoms with Gasteiger partial charge in [-0.3, -0.25) is 0 Å². The Kier molecular flexibility index (Phi) is 7.63. The van der Waals surface area contributed by atoms with Crippen LogP contribution in [0, 0.1) is 0 Å². The van der Waals surface area contributed by atoms with E-state index in [0.29, 0.717) is 6.61 Å². The lowest BCUT2D eigenvalue weighted by Gasteiger charge is -2.14. The van der Waals surface area contributed by atoms with E-state index in [4.69, 9.17) is 9.84 Å². The first kappa shape index (κ1) is 14.2. The minimum atomic E-state index is 0.0664. The molecule has 0 spiro atoms. The molecule has 3 heteroatoms. The van der Waals surface area contributed by atoms with Gasteiger partial charge >= 0.3 is 0 Å². The topological polar surface area (TPSA) is 41.5 Å². The van der Waals surface area contributed by atoms with Crippen molar-refractivity contribution in [1.82, 2.24) is 5.32 Å². The lowest BCUT2D eigenvalue weighted by Crippen LogP contribution is -2.36. The summed E-state index contributed by atoms with van der Waals surface area (Å²) in [5.41, 5.74) is 1.35. The van der Waals surface area contributed by atoms with Crippen LogP contribution in [0.1, 0.15) is 18.9 Å². The van der Waals surface area contributed by atoms with Crippen LogP contribution in [-0.4, -0.2) is 37.5 Å². The van der Waals surface area contributed by atoms with Gasteiger partial charge in [0.2, 0.25) is 0 Å². The predicted octanol–water partition coefficient (Wildman–Crippen LogP) is 1.61. The minimum absolute atomic E-state index is 0.0664. The second-order valence-electron chi connectivity index (χ2n) is 4.10. The third-order valence-corrected chi connectivity index (χ3v) is 2.63. The molecule has 1 atom stereocenters. The molecule has 0 aliphatic carbocycles. The molecule has 17 heavy (non-hydrogen) atoms. The number of hydrogen-bond donors (Lipinski definition) is 2. The second-order valence-corrected chi connectivity index (χ2v) is 4.10. The molecule has 0 bridgehead atoms. The van der Waals surface area contributed by atoms with E-state index in [1.54, 1.807) is 0 Å². The van der Waals surface area contributed by atoms with Crippen LogP contribution in [0.25, 0.3) is 0 Å². The summed E-state index contributed by atoms with van der Waals surface area (Å²) < 4.78 is 5.54. The lowest BCUT2D eigenvalue weighted by molar-refractivity contribution is 0.0880. The Morgan fingerprint density at radius 2 is 2.06 bits per heavy atom. The van der Waals surface area contributed by atoms with Crippen molar-refractivity contribution < 1.29 is 9.84 Å². The van der Waals surface area contributed by atoms with Gasteiger partial charge < -0.3 is 15.2 Å². The van der Waals surface area contributed by atoms with E-state index in [0.717, 1.165) is 26.0 Å². The number of rotatable bonds is 9. The summed E-state index contributed by atoms with van der Waals surface area (Å²) in [6, 6.07) is 10.5. The first-order valence-corrected chi connectivity index (χ1v) is 6.32. The average molecular weight is 237 g/mol. The van der Waals surface area contributed by atoms with E-state index in [1.165, 1.54) is 5.56 Å². The summed E-state index contributed by atoms with van der Waals surface area (Å²) in [4.78, 5) is 0. The van der Waals surface area contributed by atoms with Gasteiger partial charge in [-0.05, 0) is 24.9 Å². The highest BCUT2D eigenvalue weighted by Gasteiger charge is 2.04. The van der Waals surface area contributed by atoms with Crippen molar-refractivity contribution in [2.75, 3.05) is 26.4 Å². The minimum Gasteiger partial charge on any atom is -0.395 e. The monoisotopic (exact) mass is 237 g/mol. The number of ether oxygens (including phenoxy) is 1. The lowest BCUT2D eigenvalue weighted by atomic mass is 10.1. The van der Waals surface area contributed by atoms with Crippen LogP contribution in [0.3, 0.4) is 0 Å². The van der Waals surface area contributed by atoms with Gasteiger partial charge in [0.1, 0.15) is 0 Å². The summed E-state index contributed by atoms with van der Waals surface area (Å²) in [5.74, 6) is 0. The van der Waals surface area contributed by atoms with Crippen LogP contribution in [-0.2, 0) is 11.2 Å². The van der Waals surface area contributed by atoms with Crippen molar-refractivity contribution in [3.05, 3.63) is 35.9 Å². The van der Waals surface area contributed by atoms with E-state index in [2.05, 4.69) is 29.6 Å². The van der Waals surface area contributed by atoms with Crippen molar-refractivity contribution >= 4 is 0 Å². The van der Waals surface area contributed by atoms with E-state index in [-0.39, 0.29) is 12.6 Å². The Bertz CT molecular complexity index is 277. The van der Waals surface area contributed by atoms with Crippen LogP contribution in [0.2, 0.25) is 0 Å². The van der Waals surface area contributed by atoms with Crippen LogP contribution in [0.5, 0.6) is 0 Å². The van der Waals surface area contributed by atoms with E-state index in [1.807, 2.05) is 13.0 Å². The van der Waals surface area contributed by atoms with Crippen molar-refractivity contribution in [2.24, 2.45) is 0 Å². The molecule has 0 heterocycles.